The Bertz CT molecular complexity index is 1160. The van der Waals surface area contributed by atoms with Crippen LogP contribution in [0.25, 0.3) is 21.8 Å². The number of amides is 1. The van der Waals surface area contributed by atoms with Gasteiger partial charge < -0.3 is 14.9 Å². The Morgan fingerprint density at radius 2 is 1.96 bits per heavy atom. The second-order valence-corrected chi connectivity index (χ2v) is 8.02. The van der Waals surface area contributed by atoms with Gasteiger partial charge in [-0.3, -0.25) is 4.79 Å². The third-order valence-electron chi connectivity index (χ3n) is 5.60. The number of halogens is 1. The summed E-state index contributed by atoms with van der Waals surface area (Å²) < 4.78 is 1.08. The van der Waals surface area contributed by atoms with Gasteiger partial charge in [0.25, 0.3) is 0 Å². The summed E-state index contributed by atoms with van der Waals surface area (Å²) in [5, 5.41) is 2.43. The van der Waals surface area contributed by atoms with E-state index in [2.05, 4.69) is 56.2 Å². The lowest BCUT2D eigenvalue weighted by Gasteiger charge is -2.27. The van der Waals surface area contributed by atoms with E-state index >= 15 is 0 Å². The molecule has 1 aliphatic heterocycles. The van der Waals surface area contributed by atoms with Crippen molar-refractivity contribution >= 4 is 43.6 Å². The van der Waals surface area contributed by atoms with E-state index in [9.17, 15) is 4.79 Å². The highest BCUT2D eigenvalue weighted by Crippen LogP contribution is 2.32. The minimum absolute atomic E-state index is 0.232. The number of aromatic nitrogens is 2. The molecule has 0 fully saturated rings. The molecule has 5 rings (SSSR count). The molecule has 1 amide bonds. The molecule has 4 nitrogen and oxygen atoms in total. The summed E-state index contributed by atoms with van der Waals surface area (Å²) in [6.45, 7) is 1.47. The number of hydrogen-bond acceptors (Lipinski definition) is 1. The van der Waals surface area contributed by atoms with E-state index in [0.29, 0.717) is 13.0 Å². The summed E-state index contributed by atoms with van der Waals surface area (Å²) in [5.74, 6) is 0.232. The summed E-state index contributed by atoms with van der Waals surface area (Å²) >= 11 is 3.62. The summed E-state index contributed by atoms with van der Waals surface area (Å²) in [4.78, 5) is 21.7. The molecule has 0 saturated carbocycles. The van der Waals surface area contributed by atoms with Crippen molar-refractivity contribution in [3.05, 3.63) is 70.0 Å². The van der Waals surface area contributed by atoms with Crippen LogP contribution in [0.2, 0.25) is 0 Å². The molecule has 0 unspecified atom stereocenters. The molecule has 136 valence electrons. The second-order valence-electron chi connectivity index (χ2n) is 7.17. The number of para-hydroxylation sites is 2. The molecule has 0 radical (unpaired) electrons. The van der Waals surface area contributed by atoms with Gasteiger partial charge in [0.2, 0.25) is 5.91 Å². The zero-order chi connectivity index (χ0) is 18.4. The van der Waals surface area contributed by atoms with Crippen molar-refractivity contribution in [1.29, 1.82) is 0 Å². The molecule has 0 spiro atoms. The molecule has 5 heteroatoms. The number of carbonyl (C=O) groups excluding carboxylic acids is 1. The lowest BCUT2D eigenvalue weighted by atomic mass is 10.0. The zero-order valence-corrected chi connectivity index (χ0v) is 16.5. The van der Waals surface area contributed by atoms with Gasteiger partial charge in [-0.25, -0.2) is 0 Å². The van der Waals surface area contributed by atoms with Crippen molar-refractivity contribution in [2.45, 2.75) is 25.8 Å². The average Bonchev–Trinajstić information content (AvgIpc) is 3.28. The second kappa shape index (κ2) is 6.57. The maximum absolute atomic E-state index is 12.9. The van der Waals surface area contributed by atoms with Crippen LogP contribution in [0.5, 0.6) is 0 Å². The first-order valence-corrected chi connectivity index (χ1v) is 10.1. The highest BCUT2D eigenvalue weighted by Gasteiger charge is 2.24. The SMILES string of the molecule is O=C(CCc1c[nH]c2ccccc12)N1CCc2[nH]c3c(Br)cccc3c2C1. The third-order valence-corrected chi connectivity index (χ3v) is 6.26. The number of aromatic amines is 2. The number of carbonyl (C=O) groups is 1. The number of H-pyrrole nitrogens is 2. The molecule has 2 aromatic carbocycles. The number of aryl methyl sites for hydroxylation is 1. The highest BCUT2D eigenvalue weighted by atomic mass is 79.9. The molecular weight excluding hydrogens is 402 g/mol. The van der Waals surface area contributed by atoms with Gasteiger partial charge in [0.1, 0.15) is 0 Å². The molecule has 0 saturated heterocycles. The molecular formula is C22H20BrN3O. The maximum atomic E-state index is 12.9. The van der Waals surface area contributed by atoms with Gasteiger partial charge in [-0.1, -0.05) is 30.3 Å². The minimum Gasteiger partial charge on any atom is -0.361 e. The van der Waals surface area contributed by atoms with Crippen LogP contribution in [0.1, 0.15) is 23.2 Å². The van der Waals surface area contributed by atoms with Crippen LogP contribution in [0.15, 0.2) is 53.1 Å². The van der Waals surface area contributed by atoms with E-state index in [1.165, 1.54) is 27.6 Å². The van der Waals surface area contributed by atoms with Crippen molar-refractivity contribution < 1.29 is 4.79 Å². The Hall–Kier alpha value is -2.53. The zero-order valence-electron chi connectivity index (χ0n) is 14.9. The minimum atomic E-state index is 0.232. The van der Waals surface area contributed by atoms with Gasteiger partial charge in [0, 0.05) is 64.1 Å². The molecule has 27 heavy (non-hydrogen) atoms. The number of hydrogen-bond donors (Lipinski definition) is 2. The smallest absolute Gasteiger partial charge is 0.223 e. The van der Waals surface area contributed by atoms with Gasteiger partial charge in [0.15, 0.2) is 0 Å². The molecule has 0 aliphatic carbocycles. The standard InChI is InChI=1S/C22H20BrN3O/c23-18-6-3-5-16-17-13-26(11-10-20(17)25-22(16)18)21(27)9-8-14-12-24-19-7-2-1-4-15(14)19/h1-7,12,24-25H,8-11,13H2. The fourth-order valence-electron chi connectivity index (χ4n) is 4.15. The first-order valence-electron chi connectivity index (χ1n) is 9.31. The predicted molar refractivity (Wildman–Crippen MR) is 112 cm³/mol. The maximum Gasteiger partial charge on any atom is 0.223 e. The molecule has 3 heterocycles. The van der Waals surface area contributed by atoms with Crippen LogP contribution in [-0.4, -0.2) is 27.3 Å². The Kier molecular flexibility index (Phi) is 4.05. The summed E-state index contributed by atoms with van der Waals surface area (Å²) in [6, 6.07) is 14.5. The van der Waals surface area contributed by atoms with Crippen molar-refractivity contribution in [3.63, 3.8) is 0 Å². The van der Waals surface area contributed by atoms with E-state index in [0.717, 1.165) is 34.9 Å². The summed E-state index contributed by atoms with van der Waals surface area (Å²) in [7, 11) is 0. The van der Waals surface area contributed by atoms with Gasteiger partial charge in [-0.15, -0.1) is 0 Å². The molecule has 1 aliphatic rings. The van der Waals surface area contributed by atoms with Crippen molar-refractivity contribution in [1.82, 2.24) is 14.9 Å². The van der Waals surface area contributed by atoms with Crippen molar-refractivity contribution in [2.75, 3.05) is 6.54 Å². The van der Waals surface area contributed by atoms with E-state index in [4.69, 9.17) is 0 Å². The fourth-order valence-corrected chi connectivity index (χ4v) is 4.62. The van der Waals surface area contributed by atoms with Crippen LogP contribution in [-0.2, 0) is 24.2 Å². The normalized spacial score (nSPS) is 14.0. The third kappa shape index (κ3) is 2.86. The van der Waals surface area contributed by atoms with Gasteiger partial charge in [-0.05, 0) is 40.0 Å². The first kappa shape index (κ1) is 16.6. The quantitative estimate of drug-likeness (QED) is 0.484. The molecule has 0 atom stereocenters. The Morgan fingerprint density at radius 3 is 2.89 bits per heavy atom. The van der Waals surface area contributed by atoms with Crippen LogP contribution < -0.4 is 0 Å². The highest BCUT2D eigenvalue weighted by molar-refractivity contribution is 9.10. The largest absolute Gasteiger partial charge is 0.361 e. The number of nitrogens with zero attached hydrogens (tertiary/aromatic N) is 1. The Labute approximate surface area is 165 Å². The number of fused-ring (bicyclic) bond motifs is 4. The first-order chi connectivity index (χ1) is 13.2. The fraction of sp³-hybridized carbons (Fsp3) is 0.227. The van der Waals surface area contributed by atoms with Crippen molar-refractivity contribution in [3.8, 4) is 0 Å². The molecule has 2 aromatic heterocycles. The number of rotatable bonds is 3. The summed E-state index contributed by atoms with van der Waals surface area (Å²) in [5.41, 5.74) is 6.01. The average molecular weight is 422 g/mol. The van der Waals surface area contributed by atoms with Crippen molar-refractivity contribution in [2.24, 2.45) is 0 Å². The number of benzene rings is 2. The Morgan fingerprint density at radius 1 is 1.11 bits per heavy atom. The van der Waals surface area contributed by atoms with E-state index in [1.54, 1.807) is 0 Å². The van der Waals surface area contributed by atoms with E-state index < -0.39 is 0 Å². The number of nitrogens with one attached hydrogen (secondary N) is 2. The molecule has 0 bridgehead atoms. The lowest BCUT2D eigenvalue weighted by Crippen LogP contribution is -2.35. The van der Waals surface area contributed by atoms with E-state index in [-0.39, 0.29) is 5.91 Å². The van der Waals surface area contributed by atoms with Crippen LogP contribution in [0.3, 0.4) is 0 Å². The Balaban J connectivity index is 1.33. The van der Waals surface area contributed by atoms with Gasteiger partial charge in [-0.2, -0.15) is 0 Å². The predicted octanol–water partition coefficient (Wildman–Crippen LogP) is 4.93. The molecule has 4 aromatic rings. The van der Waals surface area contributed by atoms with Gasteiger partial charge >= 0.3 is 0 Å². The summed E-state index contributed by atoms with van der Waals surface area (Å²) in [6.07, 6.45) is 4.23. The molecule has 2 N–H and O–H groups in total. The monoisotopic (exact) mass is 421 g/mol. The lowest BCUT2D eigenvalue weighted by molar-refractivity contribution is -0.132. The topological polar surface area (TPSA) is 51.9 Å². The van der Waals surface area contributed by atoms with Crippen LogP contribution in [0.4, 0.5) is 0 Å². The van der Waals surface area contributed by atoms with Crippen LogP contribution >= 0.6 is 15.9 Å². The van der Waals surface area contributed by atoms with E-state index in [1.807, 2.05) is 23.2 Å². The van der Waals surface area contributed by atoms with Crippen LogP contribution in [0, 0.1) is 0 Å². The van der Waals surface area contributed by atoms with Gasteiger partial charge in [0.05, 0.1) is 5.52 Å².